The lowest BCUT2D eigenvalue weighted by molar-refractivity contribution is 0.0981. The van der Waals surface area contributed by atoms with Crippen molar-refractivity contribution in [3.8, 4) is 0 Å². The van der Waals surface area contributed by atoms with Crippen LogP contribution in [0.3, 0.4) is 0 Å². The second-order valence-corrected chi connectivity index (χ2v) is 8.37. The van der Waals surface area contributed by atoms with Gasteiger partial charge in [0.15, 0.2) is 5.78 Å². The fourth-order valence-electron chi connectivity index (χ4n) is 2.87. The van der Waals surface area contributed by atoms with Gasteiger partial charge in [0.1, 0.15) is 0 Å². The normalized spacial score (nSPS) is 15.9. The molecule has 1 aliphatic heterocycles. The van der Waals surface area contributed by atoms with Crippen LogP contribution in [0.1, 0.15) is 33.5 Å². The number of nitrogens with zero attached hydrogens (tertiary/aromatic N) is 1. The van der Waals surface area contributed by atoms with Gasteiger partial charge in [-0.1, -0.05) is 29.3 Å². The van der Waals surface area contributed by atoms with E-state index < -0.39 is 10.0 Å². The molecule has 1 aliphatic rings. The van der Waals surface area contributed by atoms with Gasteiger partial charge in [-0.3, -0.25) is 4.79 Å². The number of halogens is 1. The van der Waals surface area contributed by atoms with Crippen molar-refractivity contribution >= 4 is 27.4 Å². The third-order valence-electron chi connectivity index (χ3n) is 4.41. The molecule has 0 radical (unpaired) electrons. The Morgan fingerprint density at radius 1 is 1.04 bits per heavy atom. The molecule has 3 rings (SSSR count). The van der Waals surface area contributed by atoms with E-state index in [9.17, 15) is 13.2 Å². The third kappa shape index (κ3) is 2.99. The third-order valence-corrected chi connectivity index (χ3v) is 6.68. The average molecular weight is 364 g/mol. The van der Waals surface area contributed by atoms with Crippen LogP contribution in [0.4, 0.5) is 0 Å². The lowest BCUT2D eigenvalue weighted by Crippen LogP contribution is -2.31. The molecule has 6 heteroatoms. The Morgan fingerprint density at radius 2 is 1.71 bits per heavy atom. The Labute approximate surface area is 147 Å². The summed E-state index contributed by atoms with van der Waals surface area (Å²) in [6, 6.07) is 10.1. The highest BCUT2D eigenvalue weighted by Crippen LogP contribution is 2.30. The SMILES string of the molecule is Cc1ccc(S(=O)(=O)N2CCC(=O)c3ccc(Cl)c(C)c3C2)cc1. The summed E-state index contributed by atoms with van der Waals surface area (Å²) >= 11 is 6.16. The van der Waals surface area contributed by atoms with E-state index in [0.29, 0.717) is 16.1 Å². The first-order chi connectivity index (χ1) is 11.3. The van der Waals surface area contributed by atoms with Crippen LogP contribution in [-0.4, -0.2) is 25.1 Å². The van der Waals surface area contributed by atoms with Crippen LogP contribution >= 0.6 is 11.6 Å². The van der Waals surface area contributed by atoms with Gasteiger partial charge in [-0.05, 0) is 49.2 Å². The Bertz CT molecular complexity index is 905. The molecule has 2 aromatic carbocycles. The molecule has 0 atom stereocenters. The monoisotopic (exact) mass is 363 g/mol. The Balaban J connectivity index is 2.05. The highest BCUT2D eigenvalue weighted by atomic mass is 35.5. The van der Waals surface area contributed by atoms with Crippen molar-refractivity contribution < 1.29 is 13.2 Å². The van der Waals surface area contributed by atoms with E-state index in [1.54, 1.807) is 36.4 Å². The van der Waals surface area contributed by atoms with E-state index in [-0.39, 0.29) is 30.2 Å². The second kappa shape index (κ2) is 6.31. The number of fused-ring (bicyclic) bond motifs is 1. The standard InChI is InChI=1S/C18H18ClNO3S/c1-12-3-5-14(6-4-12)24(22,23)20-10-9-18(21)15-7-8-17(19)13(2)16(15)11-20/h3-8H,9-11H2,1-2H3. The summed E-state index contributed by atoms with van der Waals surface area (Å²) in [6.07, 6.45) is 0.166. The fourth-order valence-corrected chi connectivity index (χ4v) is 4.46. The van der Waals surface area contributed by atoms with Crippen molar-refractivity contribution in [2.75, 3.05) is 6.54 Å². The first kappa shape index (κ1) is 17.1. The second-order valence-electron chi connectivity index (χ2n) is 6.02. The zero-order chi connectivity index (χ0) is 17.5. The van der Waals surface area contributed by atoms with Crippen molar-refractivity contribution in [1.82, 2.24) is 4.31 Å². The number of aryl methyl sites for hydroxylation is 1. The summed E-state index contributed by atoms with van der Waals surface area (Å²) in [4.78, 5) is 12.6. The number of benzene rings is 2. The molecule has 0 aromatic heterocycles. The number of hydrogen-bond acceptors (Lipinski definition) is 3. The zero-order valence-corrected chi connectivity index (χ0v) is 15.1. The van der Waals surface area contributed by atoms with E-state index in [1.807, 2.05) is 13.8 Å². The van der Waals surface area contributed by atoms with Crippen LogP contribution in [0.15, 0.2) is 41.3 Å². The van der Waals surface area contributed by atoms with Gasteiger partial charge in [0, 0.05) is 30.1 Å². The number of sulfonamides is 1. The molecule has 0 N–H and O–H groups in total. The van der Waals surface area contributed by atoms with Gasteiger partial charge in [-0.25, -0.2) is 8.42 Å². The molecule has 4 nitrogen and oxygen atoms in total. The number of hydrogen-bond donors (Lipinski definition) is 0. The summed E-state index contributed by atoms with van der Waals surface area (Å²) in [6.45, 7) is 4.05. The van der Waals surface area contributed by atoms with Gasteiger partial charge in [0.25, 0.3) is 0 Å². The van der Waals surface area contributed by atoms with E-state index in [4.69, 9.17) is 11.6 Å². The van der Waals surface area contributed by atoms with Gasteiger partial charge in [-0.15, -0.1) is 0 Å². The maximum atomic E-state index is 12.9. The Kier molecular flexibility index (Phi) is 4.51. The highest BCUT2D eigenvalue weighted by Gasteiger charge is 2.30. The largest absolute Gasteiger partial charge is 0.294 e. The van der Waals surface area contributed by atoms with E-state index >= 15 is 0 Å². The molecule has 0 unspecified atom stereocenters. The van der Waals surface area contributed by atoms with Crippen LogP contribution in [0, 0.1) is 13.8 Å². The predicted octanol–water partition coefficient (Wildman–Crippen LogP) is 3.73. The molecule has 0 bridgehead atoms. The smallest absolute Gasteiger partial charge is 0.243 e. The molecule has 0 amide bonds. The molecule has 0 fully saturated rings. The molecule has 24 heavy (non-hydrogen) atoms. The van der Waals surface area contributed by atoms with Crippen molar-refractivity contribution in [1.29, 1.82) is 0 Å². The first-order valence-corrected chi connectivity index (χ1v) is 9.50. The lowest BCUT2D eigenvalue weighted by Gasteiger charge is -2.21. The van der Waals surface area contributed by atoms with E-state index in [0.717, 1.165) is 11.1 Å². The molecule has 1 heterocycles. The van der Waals surface area contributed by atoms with E-state index in [1.165, 1.54) is 4.31 Å². The number of ketones is 1. The summed E-state index contributed by atoms with van der Waals surface area (Å²) in [5, 5.41) is 0.538. The van der Waals surface area contributed by atoms with Gasteiger partial charge >= 0.3 is 0 Å². The molecule has 2 aromatic rings. The number of Topliss-reactive ketones (excluding diaryl/α,β-unsaturated/α-hetero) is 1. The van der Waals surface area contributed by atoms with Crippen LogP contribution in [-0.2, 0) is 16.6 Å². The predicted molar refractivity (Wildman–Crippen MR) is 93.9 cm³/mol. The van der Waals surface area contributed by atoms with Gasteiger partial charge in [0.05, 0.1) is 4.90 Å². The van der Waals surface area contributed by atoms with Crippen molar-refractivity contribution in [3.63, 3.8) is 0 Å². The quantitative estimate of drug-likeness (QED) is 0.816. The molecular weight excluding hydrogens is 346 g/mol. The van der Waals surface area contributed by atoms with E-state index in [2.05, 4.69) is 0 Å². The van der Waals surface area contributed by atoms with Crippen LogP contribution in [0.2, 0.25) is 5.02 Å². The minimum absolute atomic E-state index is 0.0497. The highest BCUT2D eigenvalue weighted by molar-refractivity contribution is 7.89. The fraction of sp³-hybridized carbons (Fsp3) is 0.278. The van der Waals surface area contributed by atoms with Crippen molar-refractivity contribution in [2.45, 2.75) is 31.7 Å². The zero-order valence-electron chi connectivity index (χ0n) is 13.5. The number of rotatable bonds is 2. The van der Waals surface area contributed by atoms with Gasteiger partial charge < -0.3 is 0 Å². The summed E-state index contributed by atoms with van der Waals surface area (Å²) < 4.78 is 27.3. The number of carbonyl (C=O) groups is 1. The topological polar surface area (TPSA) is 54.5 Å². The van der Waals surface area contributed by atoms with Crippen molar-refractivity contribution in [3.05, 3.63) is 63.7 Å². The minimum Gasteiger partial charge on any atom is -0.294 e. The molecule has 126 valence electrons. The summed E-state index contributed by atoms with van der Waals surface area (Å²) in [5.74, 6) is -0.0497. The minimum atomic E-state index is -3.66. The Hall–Kier alpha value is -1.69. The maximum Gasteiger partial charge on any atom is 0.243 e. The van der Waals surface area contributed by atoms with Crippen molar-refractivity contribution in [2.24, 2.45) is 0 Å². The maximum absolute atomic E-state index is 12.9. The van der Waals surface area contributed by atoms with Crippen LogP contribution in [0.25, 0.3) is 0 Å². The van der Waals surface area contributed by atoms with Gasteiger partial charge in [-0.2, -0.15) is 4.31 Å². The van der Waals surface area contributed by atoms with Gasteiger partial charge in [0.2, 0.25) is 10.0 Å². The summed E-state index contributed by atoms with van der Waals surface area (Å²) in [5.41, 5.74) is 3.01. The lowest BCUT2D eigenvalue weighted by atomic mass is 9.99. The molecule has 0 spiro atoms. The first-order valence-electron chi connectivity index (χ1n) is 7.68. The van der Waals surface area contributed by atoms with Crippen LogP contribution in [0.5, 0.6) is 0 Å². The summed E-state index contributed by atoms with van der Waals surface area (Å²) in [7, 11) is -3.66. The molecule has 0 saturated carbocycles. The molecule has 0 saturated heterocycles. The molecular formula is C18H18ClNO3S. The Morgan fingerprint density at radius 3 is 2.38 bits per heavy atom. The number of carbonyl (C=O) groups excluding carboxylic acids is 1. The average Bonchev–Trinajstić information content (AvgIpc) is 2.72. The molecule has 0 aliphatic carbocycles. The van der Waals surface area contributed by atoms with Crippen LogP contribution < -0.4 is 0 Å².